The number of ketones is 1. The topological polar surface area (TPSA) is 43.1 Å². The first kappa shape index (κ1) is 13.3. The summed E-state index contributed by atoms with van der Waals surface area (Å²) in [4.78, 5) is 11.8. The van der Waals surface area contributed by atoms with Gasteiger partial charge in [0.15, 0.2) is 5.78 Å². The third-order valence-electron chi connectivity index (χ3n) is 2.56. The zero-order valence-electron chi connectivity index (χ0n) is 9.94. The fourth-order valence-corrected chi connectivity index (χ4v) is 1.72. The lowest BCUT2D eigenvalue weighted by molar-refractivity contribution is 0.104. The Kier molecular flexibility index (Phi) is 3.97. The van der Waals surface area contributed by atoms with E-state index < -0.39 is 11.6 Å². The Bertz CT molecular complexity index is 635. The van der Waals surface area contributed by atoms with E-state index in [9.17, 15) is 9.18 Å². The van der Waals surface area contributed by atoms with E-state index in [2.05, 4.69) is 0 Å². The van der Waals surface area contributed by atoms with Crippen molar-refractivity contribution in [3.63, 3.8) is 0 Å². The molecule has 0 unspecified atom stereocenters. The zero-order valence-corrected chi connectivity index (χ0v) is 10.7. The molecular weight excluding hydrogens is 265 g/mol. The molecule has 0 atom stereocenters. The van der Waals surface area contributed by atoms with Gasteiger partial charge in [-0.25, -0.2) is 4.39 Å². The fraction of sp³-hybridized carbons (Fsp3) is 0. The van der Waals surface area contributed by atoms with Crippen LogP contribution in [0.5, 0.6) is 0 Å². The van der Waals surface area contributed by atoms with Gasteiger partial charge in [0.1, 0.15) is 5.82 Å². The number of nitrogens with two attached hydrogens (primary N) is 1. The molecule has 2 nitrogen and oxygen atoms in total. The van der Waals surface area contributed by atoms with Crippen LogP contribution in [0.15, 0.2) is 48.5 Å². The van der Waals surface area contributed by atoms with E-state index in [1.54, 1.807) is 30.3 Å². The average Bonchev–Trinajstić information content (AvgIpc) is 2.37. The molecule has 0 aliphatic carbocycles. The van der Waals surface area contributed by atoms with E-state index in [0.29, 0.717) is 5.69 Å². The number of benzene rings is 2. The minimum atomic E-state index is -0.626. The lowest BCUT2D eigenvalue weighted by Gasteiger charge is -1.99. The Labute approximate surface area is 115 Å². The van der Waals surface area contributed by atoms with Crippen LogP contribution < -0.4 is 5.73 Å². The minimum absolute atomic E-state index is 0.00362. The maximum atomic E-state index is 13.5. The second-order valence-corrected chi connectivity index (χ2v) is 4.42. The van der Waals surface area contributed by atoms with Crippen LogP contribution in [-0.2, 0) is 0 Å². The number of hydrogen-bond acceptors (Lipinski definition) is 2. The average molecular weight is 276 g/mol. The van der Waals surface area contributed by atoms with Gasteiger partial charge in [0.2, 0.25) is 0 Å². The Morgan fingerprint density at radius 1 is 1.16 bits per heavy atom. The molecule has 2 aromatic carbocycles. The van der Waals surface area contributed by atoms with Gasteiger partial charge in [-0.05, 0) is 42.0 Å². The van der Waals surface area contributed by atoms with Crippen molar-refractivity contribution < 1.29 is 9.18 Å². The number of nitrogen functional groups attached to an aromatic ring is 1. The molecule has 2 rings (SSSR count). The molecule has 4 heteroatoms. The van der Waals surface area contributed by atoms with E-state index in [-0.39, 0.29) is 10.6 Å². The number of hydrogen-bond donors (Lipinski definition) is 1. The Morgan fingerprint density at radius 2 is 1.84 bits per heavy atom. The first-order chi connectivity index (χ1) is 9.06. The number of allylic oxidation sites excluding steroid dienone is 1. The summed E-state index contributed by atoms with van der Waals surface area (Å²) in [5.74, 6) is -1.04. The lowest BCUT2D eigenvalue weighted by atomic mass is 10.1. The van der Waals surface area contributed by atoms with Gasteiger partial charge in [0, 0.05) is 10.7 Å². The van der Waals surface area contributed by atoms with Crippen molar-refractivity contribution >= 4 is 29.1 Å². The van der Waals surface area contributed by atoms with Crippen molar-refractivity contribution in [2.24, 2.45) is 0 Å². The van der Waals surface area contributed by atoms with Crippen LogP contribution in [0.2, 0.25) is 5.02 Å². The standard InChI is InChI=1S/C15H11ClFNO/c16-11-4-7-13(14(17)9-11)15(19)8-3-10-1-5-12(18)6-2-10/h1-9H,18H2/b8-3+. The maximum absolute atomic E-state index is 13.5. The summed E-state index contributed by atoms with van der Waals surface area (Å²) >= 11 is 5.63. The summed E-state index contributed by atoms with van der Waals surface area (Å²) in [6.07, 6.45) is 2.92. The highest BCUT2D eigenvalue weighted by Crippen LogP contribution is 2.16. The van der Waals surface area contributed by atoms with E-state index in [4.69, 9.17) is 17.3 Å². The highest BCUT2D eigenvalue weighted by Gasteiger charge is 2.08. The predicted octanol–water partition coefficient (Wildman–Crippen LogP) is 3.96. The normalized spacial score (nSPS) is 10.8. The molecule has 2 aromatic rings. The van der Waals surface area contributed by atoms with Crippen LogP contribution >= 0.6 is 11.6 Å². The second kappa shape index (κ2) is 5.67. The summed E-state index contributed by atoms with van der Waals surface area (Å²) in [6, 6.07) is 11.0. The summed E-state index contributed by atoms with van der Waals surface area (Å²) in [7, 11) is 0. The maximum Gasteiger partial charge on any atom is 0.188 e. The van der Waals surface area contributed by atoms with Gasteiger partial charge in [-0.3, -0.25) is 4.79 Å². The van der Waals surface area contributed by atoms with Crippen molar-refractivity contribution in [1.82, 2.24) is 0 Å². The van der Waals surface area contributed by atoms with Crippen LogP contribution in [0.4, 0.5) is 10.1 Å². The third-order valence-corrected chi connectivity index (χ3v) is 2.80. The molecule has 0 saturated heterocycles. The Hall–Kier alpha value is -2.13. The minimum Gasteiger partial charge on any atom is -0.399 e. The Morgan fingerprint density at radius 3 is 2.47 bits per heavy atom. The predicted molar refractivity (Wildman–Crippen MR) is 75.6 cm³/mol. The summed E-state index contributed by atoms with van der Waals surface area (Å²) in [6.45, 7) is 0. The van der Waals surface area contributed by atoms with E-state index in [1.165, 1.54) is 18.2 Å². The van der Waals surface area contributed by atoms with E-state index >= 15 is 0 Å². The third kappa shape index (κ3) is 3.42. The van der Waals surface area contributed by atoms with Crippen LogP contribution in [0.1, 0.15) is 15.9 Å². The van der Waals surface area contributed by atoms with Gasteiger partial charge in [-0.1, -0.05) is 29.8 Å². The number of anilines is 1. The van der Waals surface area contributed by atoms with Gasteiger partial charge in [-0.15, -0.1) is 0 Å². The molecule has 0 spiro atoms. The SMILES string of the molecule is Nc1ccc(/C=C/C(=O)c2ccc(Cl)cc2F)cc1. The molecule has 0 aliphatic rings. The first-order valence-corrected chi connectivity index (χ1v) is 5.97. The van der Waals surface area contributed by atoms with Gasteiger partial charge < -0.3 is 5.73 Å². The van der Waals surface area contributed by atoms with Gasteiger partial charge >= 0.3 is 0 Å². The molecule has 19 heavy (non-hydrogen) atoms. The van der Waals surface area contributed by atoms with Gasteiger partial charge in [0.05, 0.1) is 5.56 Å². The first-order valence-electron chi connectivity index (χ1n) is 5.59. The Balaban J connectivity index is 2.18. The number of carbonyl (C=O) groups excluding carboxylic acids is 1. The van der Waals surface area contributed by atoms with Crippen LogP contribution in [0.25, 0.3) is 6.08 Å². The number of rotatable bonds is 3. The molecule has 0 saturated carbocycles. The van der Waals surface area contributed by atoms with Gasteiger partial charge in [0.25, 0.3) is 0 Å². The largest absolute Gasteiger partial charge is 0.399 e. The molecule has 0 amide bonds. The van der Waals surface area contributed by atoms with Crippen LogP contribution in [0, 0.1) is 5.82 Å². The van der Waals surface area contributed by atoms with Crippen LogP contribution in [-0.4, -0.2) is 5.78 Å². The van der Waals surface area contributed by atoms with Crippen molar-refractivity contribution in [3.05, 3.63) is 70.5 Å². The molecule has 0 aliphatic heterocycles. The highest BCUT2D eigenvalue weighted by atomic mass is 35.5. The molecular formula is C15H11ClFNO. The zero-order chi connectivity index (χ0) is 13.8. The van der Waals surface area contributed by atoms with Crippen molar-refractivity contribution in [1.29, 1.82) is 0 Å². The fourth-order valence-electron chi connectivity index (χ4n) is 1.56. The van der Waals surface area contributed by atoms with Crippen molar-refractivity contribution in [2.75, 3.05) is 5.73 Å². The molecule has 0 bridgehead atoms. The number of halogens is 2. The van der Waals surface area contributed by atoms with Crippen molar-refractivity contribution in [3.8, 4) is 0 Å². The molecule has 0 aromatic heterocycles. The van der Waals surface area contributed by atoms with E-state index in [1.807, 2.05) is 0 Å². The van der Waals surface area contributed by atoms with E-state index in [0.717, 1.165) is 11.6 Å². The number of carbonyl (C=O) groups is 1. The second-order valence-electron chi connectivity index (χ2n) is 3.99. The molecule has 96 valence electrons. The summed E-state index contributed by atoms with van der Waals surface area (Å²) in [5, 5.41) is 0.261. The highest BCUT2D eigenvalue weighted by molar-refractivity contribution is 6.30. The monoisotopic (exact) mass is 275 g/mol. The molecule has 0 fully saturated rings. The quantitative estimate of drug-likeness (QED) is 0.523. The van der Waals surface area contributed by atoms with Crippen molar-refractivity contribution in [2.45, 2.75) is 0 Å². The summed E-state index contributed by atoms with van der Waals surface area (Å²) < 4.78 is 13.5. The van der Waals surface area contributed by atoms with Gasteiger partial charge in [-0.2, -0.15) is 0 Å². The van der Waals surface area contributed by atoms with Crippen LogP contribution in [0.3, 0.4) is 0 Å². The lowest BCUT2D eigenvalue weighted by Crippen LogP contribution is -1.98. The molecule has 2 N–H and O–H groups in total. The smallest absolute Gasteiger partial charge is 0.188 e. The molecule has 0 radical (unpaired) electrons. The molecule has 0 heterocycles. The summed E-state index contributed by atoms with van der Waals surface area (Å²) in [5.41, 5.74) is 7.01.